The van der Waals surface area contributed by atoms with Crippen molar-refractivity contribution in [3.63, 3.8) is 0 Å². The van der Waals surface area contributed by atoms with Gasteiger partial charge in [-0.3, -0.25) is 4.79 Å². The van der Waals surface area contributed by atoms with E-state index in [-0.39, 0.29) is 0 Å². The smallest absolute Gasteiger partial charge is 0.298 e. The predicted molar refractivity (Wildman–Crippen MR) is 102 cm³/mol. The van der Waals surface area contributed by atoms with E-state index >= 15 is 0 Å². The van der Waals surface area contributed by atoms with Gasteiger partial charge in [0.15, 0.2) is 28.9 Å². The highest BCUT2D eigenvalue weighted by Gasteiger charge is 2.31. The number of para-hydroxylation sites is 2. The van der Waals surface area contributed by atoms with Crippen molar-refractivity contribution in [3.05, 3.63) is 53.1 Å². The molecule has 0 spiro atoms. The van der Waals surface area contributed by atoms with E-state index in [1.54, 1.807) is 12.0 Å². The number of hydrogen-bond acceptors (Lipinski definition) is 4. The molecule has 1 saturated heterocycles. The Kier molecular flexibility index (Phi) is 5.08. The zero-order chi connectivity index (χ0) is 21.4. The van der Waals surface area contributed by atoms with Crippen molar-refractivity contribution >= 4 is 28.7 Å². The molecule has 1 aromatic heterocycles. The first kappa shape index (κ1) is 19.8. The fourth-order valence-corrected chi connectivity index (χ4v) is 3.42. The molecule has 5 nitrogen and oxygen atoms in total. The molecule has 154 valence electrons. The molecule has 1 aliphatic rings. The van der Waals surface area contributed by atoms with Crippen molar-refractivity contribution in [2.45, 2.75) is 12.8 Å². The lowest BCUT2D eigenvalue weighted by atomic mass is 9.96. The predicted octanol–water partition coefficient (Wildman–Crippen LogP) is 4.22. The first-order valence-corrected chi connectivity index (χ1v) is 9.14. The number of anilines is 2. The molecule has 3 aromatic rings. The molecule has 4 rings (SSSR count). The number of oxazole rings is 1. The van der Waals surface area contributed by atoms with Crippen LogP contribution in [0.5, 0.6) is 0 Å². The average Bonchev–Trinajstić information content (AvgIpc) is 3.20. The Morgan fingerprint density at radius 3 is 2.33 bits per heavy atom. The first-order chi connectivity index (χ1) is 14.4. The number of hydrogen-bond donors (Lipinski definition) is 1. The number of rotatable bonds is 3. The zero-order valence-corrected chi connectivity index (χ0v) is 15.5. The maximum atomic E-state index is 14.1. The lowest BCUT2D eigenvalue weighted by Crippen LogP contribution is -2.38. The van der Waals surface area contributed by atoms with Crippen LogP contribution in [0, 0.1) is 41.5 Å². The van der Waals surface area contributed by atoms with Crippen molar-refractivity contribution in [1.29, 1.82) is 0 Å². The molecule has 1 amide bonds. The number of terminal acetylenes is 1. The molecule has 0 unspecified atom stereocenters. The van der Waals surface area contributed by atoms with Crippen molar-refractivity contribution in [1.82, 2.24) is 4.98 Å². The van der Waals surface area contributed by atoms with Gasteiger partial charge < -0.3 is 14.6 Å². The van der Waals surface area contributed by atoms with E-state index in [0.29, 0.717) is 43.0 Å². The lowest BCUT2D eigenvalue weighted by Gasteiger charge is -2.30. The Bertz CT molecular complexity index is 1110. The maximum absolute atomic E-state index is 14.1. The van der Waals surface area contributed by atoms with Gasteiger partial charge in [0.2, 0.25) is 5.91 Å². The molecule has 9 heteroatoms. The van der Waals surface area contributed by atoms with E-state index < -0.39 is 46.3 Å². The molecule has 2 heterocycles. The number of halogens is 4. The number of carbonyl (C=O) groups excluding carboxylic acids is 1. The van der Waals surface area contributed by atoms with Gasteiger partial charge in [-0.05, 0) is 25.0 Å². The Labute approximate surface area is 168 Å². The van der Waals surface area contributed by atoms with Gasteiger partial charge in [-0.25, -0.2) is 17.6 Å². The van der Waals surface area contributed by atoms with E-state index in [9.17, 15) is 22.4 Å². The third kappa shape index (κ3) is 3.34. The number of piperidine rings is 1. The second-order valence-electron chi connectivity index (χ2n) is 6.87. The Morgan fingerprint density at radius 2 is 1.73 bits per heavy atom. The number of fused-ring (bicyclic) bond motifs is 1. The second kappa shape index (κ2) is 7.71. The quantitative estimate of drug-likeness (QED) is 0.394. The van der Waals surface area contributed by atoms with E-state index in [0.717, 1.165) is 0 Å². The number of amides is 1. The molecule has 0 radical (unpaired) electrons. The molecule has 1 fully saturated rings. The monoisotopic (exact) mass is 417 g/mol. The van der Waals surface area contributed by atoms with E-state index in [2.05, 4.69) is 4.98 Å². The largest absolute Gasteiger partial charge is 0.423 e. The molecule has 1 N–H and O–H groups in total. The average molecular weight is 417 g/mol. The molecule has 0 aliphatic carbocycles. The number of carbonyl (C=O) groups is 1. The van der Waals surface area contributed by atoms with Crippen LogP contribution in [-0.4, -0.2) is 24.0 Å². The fraction of sp³-hybridized carbons (Fsp3) is 0.238. The Morgan fingerprint density at radius 1 is 1.10 bits per heavy atom. The summed E-state index contributed by atoms with van der Waals surface area (Å²) in [5.41, 5.74) is -0.999. The summed E-state index contributed by atoms with van der Waals surface area (Å²) >= 11 is 0. The molecule has 0 atom stereocenters. The number of nitrogens with zero attached hydrogens (tertiary/aromatic N) is 2. The molecule has 30 heavy (non-hydrogen) atoms. The molecule has 2 aromatic carbocycles. The van der Waals surface area contributed by atoms with Gasteiger partial charge in [0.1, 0.15) is 16.8 Å². The second-order valence-corrected chi connectivity index (χ2v) is 6.87. The number of benzene rings is 2. The van der Waals surface area contributed by atoms with E-state index in [1.807, 2.05) is 28.4 Å². The van der Waals surface area contributed by atoms with Crippen molar-refractivity contribution in [2.24, 2.45) is 5.92 Å². The van der Waals surface area contributed by atoms with Gasteiger partial charge in [-0.2, -0.15) is 4.98 Å². The number of nitrogens with one attached hydrogen (secondary N) is 1. The minimum absolute atomic E-state index is 0.335. The van der Waals surface area contributed by atoms with Crippen molar-refractivity contribution in [3.8, 4) is 12.3 Å². The fourth-order valence-electron chi connectivity index (χ4n) is 3.42. The SMILES string of the molecule is C#Cc1c(F)c(F)c(NC(=O)C2CCN(c3nc4ccccc4o3)CC2)c(F)c1F. The van der Waals surface area contributed by atoms with Gasteiger partial charge in [-0.15, -0.1) is 6.42 Å². The third-order valence-corrected chi connectivity index (χ3v) is 5.07. The normalized spacial score (nSPS) is 14.7. The highest BCUT2D eigenvalue weighted by molar-refractivity contribution is 5.93. The summed E-state index contributed by atoms with van der Waals surface area (Å²) in [6.07, 6.45) is 5.54. The summed E-state index contributed by atoms with van der Waals surface area (Å²) in [5.74, 6) is -6.71. The molecule has 1 aliphatic heterocycles. The van der Waals surface area contributed by atoms with Gasteiger partial charge in [-0.1, -0.05) is 18.1 Å². The van der Waals surface area contributed by atoms with Crippen LogP contribution < -0.4 is 10.2 Å². The van der Waals surface area contributed by atoms with Gasteiger partial charge in [0.25, 0.3) is 6.01 Å². The van der Waals surface area contributed by atoms with Crippen LogP contribution in [0.15, 0.2) is 28.7 Å². The van der Waals surface area contributed by atoms with Gasteiger partial charge >= 0.3 is 0 Å². The zero-order valence-electron chi connectivity index (χ0n) is 15.5. The van der Waals surface area contributed by atoms with E-state index in [1.165, 1.54) is 0 Å². The maximum Gasteiger partial charge on any atom is 0.298 e. The Hall–Kier alpha value is -3.54. The highest BCUT2D eigenvalue weighted by Crippen LogP contribution is 2.30. The topological polar surface area (TPSA) is 58.4 Å². The van der Waals surface area contributed by atoms with Crippen molar-refractivity contribution in [2.75, 3.05) is 23.3 Å². The summed E-state index contributed by atoms with van der Waals surface area (Å²) < 4.78 is 61.5. The van der Waals surface area contributed by atoms with Crippen LogP contribution in [0.4, 0.5) is 29.3 Å². The minimum Gasteiger partial charge on any atom is -0.423 e. The molecular formula is C21H15F4N3O2. The van der Waals surface area contributed by atoms with Crippen LogP contribution in [-0.2, 0) is 4.79 Å². The van der Waals surface area contributed by atoms with Crippen molar-refractivity contribution < 1.29 is 26.8 Å². The van der Waals surface area contributed by atoms with Crippen LogP contribution in [0.2, 0.25) is 0 Å². The molecule has 0 saturated carbocycles. The highest BCUT2D eigenvalue weighted by atomic mass is 19.2. The number of aromatic nitrogens is 1. The molecule has 0 bridgehead atoms. The molecular weight excluding hydrogens is 402 g/mol. The third-order valence-electron chi connectivity index (χ3n) is 5.07. The van der Waals surface area contributed by atoms with Crippen LogP contribution >= 0.6 is 0 Å². The first-order valence-electron chi connectivity index (χ1n) is 9.14. The standard InChI is InChI=1S/C21H15F4N3O2/c1-2-12-15(22)17(24)19(18(25)16(12)23)27-20(29)11-7-9-28(10-8-11)21-26-13-5-3-4-6-14(13)30-21/h1,3-6,11H,7-10H2,(H,27,29). The van der Waals surface area contributed by atoms with Crippen LogP contribution in [0.3, 0.4) is 0 Å². The minimum atomic E-state index is -1.74. The lowest BCUT2D eigenvalue weighted by molar-refractivity contribution is -0.120. The summed E-state index contributed by atoms with van der Waals surface area (Å²) in [6.45, 7) is 0.823. The summed E-state index contributed by atoms with van der Waals surface area (Å²) in [4.78, 5) is 18.7. The van der Waals surface area contributed by atoms with Crippen LogP contribution in [0.25, 0.3) is 11.1 Å². The summed E-state index contributed by atoms with van der Waals surface area (Å²) in [7, 11) is 0. The van der Waals surface area contributed by atoms with E-state index in [4.69, 9.17) is 10.8 Å². The van der Waals surface area contributed by atoms with Gasteiger partial charge in [0.05, 0.1) is 0 Å². The van der Waals surface area contributed by atoms with Crippen LogP contribution in [0.1, 0.15) is 18.4 Å². The summed E-state index contributed by atoms with van der Waals surface area (Å²) in [5, 5.41) is 1.96. The summed E-state index contributed by atoms with van der Waals surface area (Å²) in [6, 6.07) is 7.69. The van der Waals surface area contributed by atoms with Gasteiger partial charge in [0, 0.05) is 19.0 Å². The Balaban J connectivity index is 1.46.